The van der Waals surface area contributed by atoms with E-state index in [9.17, 15) is 4.79 Å². The summed E-state index contributed by atoms with van der Waals surface area (Å²) in [7, 11) is 0. The maximum Gasteiger partial charge on any atom is 0.244 e. The van der Waals surface area contributed by atoms with Gasteiger partial charge in [-0.05, 0) is 12.0 Å². The van der Waals surface area contributed by atoms with E-state index in [0.717, 1.165) is 5.69 Å². The van der Waals surface area contributed by atoms with E-state index in [1.54, 1.807) is 18.6 Å². The van der Waals surface area contributed by atoms with Crippen molar-refractivity contribution in [2.45, 2.75) is 13.8 Å². The van der Waals surface area contributed by atoms with Crippen molar-refractivity contribution in [3.63, 3.8) is 0 Å². The molecular formula is C10H15N3O. The van der Waals surface area contributed by atoms with E-state index >= 15 is 0 Å². The number of hydrogen-bond acceptors (Lipinski definition) is 2. The molecule has 0 bridgehead atoms. The molecule has 2 N–H and O–H groups in total. The average Bonchev–Trinajstić information content (AvgIpc) is 2.63. The Labute approximate surface area is 83.4 Å². The summed E-state index contributed by atoms with van der Waals surface area (Å²) < 4.78 is 0. The molecule has 0 atom stereocenters. The van der Waals surface area contributed by atoms with E-state index < -0.39 is 0 Å². The van der Waals surface area contributed by atoms with Gasteiger partial charge in [-0.2, -0.15) is 0 Å². The third kappa shape index (κ3) is 3.89. The molecule has 1 rings (SSSR count). The lowest BCUT2D eigenvalue weighted by atomic mass is 10.2. The van der Waals surface area contributed by atoms with Crippen LogP contribution in [0.2, 0.25) is 0 Å². The Morgan fingerprint density at radius 3 is 3.07 bits per heavy atom. The Morgan fingerprint density at radius 1 is 1.71 bits per heavy atom. The fourth-order valence-electron chi connectivity index (χ4n) is 0.888. The van der Waals surface area contributed by atoms with Crippen LogP contribution < -0.4 is 5.32 Å². The Bertz CT molecular complexity index is 301. The molecule has 0 aromatic carbocycles. The van der Waals surface area contributed by atoms with Gasteiger partial charge in [-0.3, -0.25) is 4.79 Å². The van der Waals surface area contributed by atoms with Gasteiger partial charge in [0.1, 0.15) is 0 Å². The van der Waals surface area contributed by atoms with Crippen LogP contribution in [0.4, 0.5) is 0 Å². The number of aromatic nitrogens is 2. The standard InChI is InChI=1S/C10H15N3O/c1-8(2)5-12-10(14)4-3-9-6-11-7-13-9/h3-4,6-8H,5H2,1-2H3,(H,11,13)(H,12,14)/b4-3+. The molecule has 14 heavy (non-hydrogen) atoms. The molecule has 0 saturated heterocycles. The maximum atomic E-state index is 11.2. The van der Waals surface area contributed by atoms with Gasteiger partial charge in [-0.15, -0.1) is 0 Å². The van der Waals surface area contributed by atoms with Crippen LogP contribution in [-0.4, -0.2) is 22.4 Å². The largest absolute Gasteiger partial charge is 0.352 e. The zero-order valence-corrected chi connectivity index (χ0v) is 8.45. The van der Waals surface area contributed by atoms with Gasteiger partial charge < -0.3 is 10.3 Å². The number of H-pyrrole nitrogens is 1. The summed E-state index contributed by atoms with van der Waals surface area (Å²) in [4.78, 5) is 18.0. The lowest BCUT2D eigenvalue weighted by molar-refractivity contribution is -0.116. The van der Waals surface area contributed by atoms with Gasteiger partial charge in [0, 0.05) is 18.8 Å². The molecule has 1 heterocycles. The van der Waals surface area contributed by atoms with Crippen molar-refractivity contribution in [3.8, 4) is 0 Å². The highest BCUT2D eigenvalue weighted by molar-refractivity contribution is 5.91. The van der Waals surface area contributed by atoms with E-state index in [4.69, 9.17) is 0 Å². The highest BCUT2D eigenvalue weighted by atomic mass is 16.1. The van der Waals surface area contributed by atoms with Crippen molar-refractivity contribution in [3.05, 3.63) is 24.3 Å². The molecule has 1 aromatic rings. The predicted octanol–water partition coefficient (Wildman–Crippen LogP) is 1.20. The first-order valence-corrected chi connectivity index (χ1v) is 4.63. The van der Waals surface area contributed by atoms with E-state index in [1.165, 1.54) is 6.08 Å². The molecule has 0 unspecified atom stereocenters. The molecule has 1 aromatic heterocycles. The van der Waals surface area contributed by atoms with Crippen molar-refractivity contribution < 1.29 is 4.79 Å². The zero-order valence-electron chi connectivity index (χ0n) is 8.45. The first-order valence-electron chi connectivity index (χ1n) is 4.63. The highest BCUT2D eigenvalue weighted by Crippen LogP contribution is 1.94. The van der Waals surface area contributed by atoms with Crippen LogP contribution in [0.5, 0.6) is 0 Å². The van der Waals surface area contributed by atoms with Crippen LogP contribution in [0.3, 0.4) is 0 Å². The molecule has 0 aliphatic rings. The molecular weight excluding hydrogens is 178 g/mol. The Kier molecular flexibility index (Phi) is 3.91. The molecule has 4 nitrogen and oxygen atoms in total. The first-order chi connectivity index (χ1) is 6.68. The van der Waals surface area contributed by atoms with Crippen molar-refractivity contribution in [2.75, 3.05) is 6.54 Å². The molecule has 0 fully saturated rings. The fraction of sp³-hybridized carbons (Fsp3) is 0.400. The van der Waals surface area contributed by atoms with Gasteiger partial charge in [0.05, 0.1) is 12.0 Å². The highest BCUT2D eigenvalue weighted by Gasteiger charge is 1.97. The van der Waals surface area contributed by atoms with E-state index in [-0.39, 0.29) is 5.91 Å². The summed E-state index contributed by atoms with van der Waals surface area (Å²) in [5.74, 6) is 0.388. The Balaban J connectivity index is 2.34. The third-order valence-corrected chi connectivity index (χ3v) is 1.61. The molecule has 0 spiro atoms. The lowest BCUT2D eigenvalue weighted by Gasteiger charge is -2.03. The van der Waals surface area contributed by atoms with Gasteiger partial charge >= 0.3 is 0 Å². The summed E-state index contributed by atoms with van der Waals surface area (Å²) in [6, 6.07) is 0. The second kappa shape index (κ2) is 5.21. The summed E-state index contributed by atoms with van der Waals surface area (Å²) in [5.41, 5.74) is 0.754. The van der Waals surface area contributed by atoms with Crippen LogP contribution in [0.15, 0.2) is 18.6 Å². The summed E-state index contributed by atoms with van der Waals surface area (Å²) in [6.45, 7) is 4.80. The number of rotatable bonds is 4. The number of amides is 1. The van der Waals surface area contributed by atoms with Gasteiger partial charge in [-0.25, -0.2) is 4.98 Å². The van der Waals surface area contributed by atoms with Crippen LogP contribution in [0, 0.1) is 5.92 Å². The van der Waals surface area contributed by atoms with E-state index in [0.29, 0.717) is 12.5 Å². The number of hydrogen-bond donors (Lipinski definition) is 2. The fourth-order valence-corrected chi connectivity index (χ4v) is 0.888. The average molecular weight is 193 g/mol. The number of imidazole rings is 1. The Hall–Kier alpha value is -1.58. The molecule has 76 valence electrons. The predicted molar refractivity (Wildman–Crippen MR) is 55.5 cm³/mol. The number of aromatic amines is 1. The molecule has 0 radical (unpaired) electrons. The first kappa shape index (κ1) is 10.5. The number of carbonyl (C=O) groups is 1. The molecule has 1 amide bonds. The van der Waals surface area contributed by atoms with E-state index in [2.05, 4.69) is 29.1 Å². The van der Waals surface area contributed by atoms with Crippen molar-refractivity contribution in [1.29, 1.82) is 0 Å². The number of nitrogens with one attached hydrogen (secondary N) is 2. The minimum Gasteiger partial charge on any atom is -0.352 e. The molecule has 0 aliphatic carbocycles. The van der Waals surface area contributed by atoms with Gasteiger partial charge in [-0.1, -0.05) is 13.8 Å². The van der Waals surface area contributed by atoms with E-state index in [1.807, 2.05) is 0 Å². The van der Waals surface area contributed by atoms with Crippen LogP contribution in [-0.2, 0) is 4.79 Å². The second-order valence-electron chi connectivity index (χ2n) is 3.47. The smallest absolute Gasteiger partial charge is 0.244 e. The summed E-state index contributed by atoms with van der Waals surface area (Å²) in [6.07, 6.45) is 6.46. The summed E-state index contributed by atoms with van der Waals surface area (Å²) >= 11 is 0. The minimum absolute atomic E-state index is 0.0818. The normalized spacial score (nSPS) is 11.1. The van der Waals surface area contributed by atoms with Gasteiger partial charge in [0.15, 0.2) is 0 Å². The van der Waals surface area contributed by atoms with Crippen molar-refractivity contribution >= 4 is 12.0 Å². The van der Waals surface area contributed by atoms with Gasteiger partial charge in [0.25, 0.3) is 0 Å². The number of nitrogens with zero attached hydrogens (tertiary/aromatic N) is 1. The molecule has 4 heteroatoms. The Morgan fingerprint density at radius 2 is 2.50 bits per heavy atom. The van der Waals surface area contributed by atoms with Crippen LogP contribution >= 0.6 is 0 Å². The topological polar surface area (TPSA) is 57.8 Å². The molecule has 0 aliphatic heterocycles. The van der Waals surface area contributed by atoms with Crippen LogP contribution in [0.1, 0.15) is 19.5 Å². The lowest BCUT2D eigenvalue weighted by Crippen LogP contribution is -2.25. The monoisotopic (exact) mass is 193 g/mol. The third-order valence-electron chi connectivity index (χ3n) is 1.61. The van der Waals surface area contributed by atoms with Crippen LogP contribution in [0.25, 0.3) is 6.08 Å². The quantitative estimate of drug-likeness (QED) is 0.706. The van der Waals surface area contributed by atoms with Crippen molar-refractivity contribution in [2.24, 2.45) is 5.92 Å². The van der Waals surface area contributed by atoms with Crippen molar-refractivity contribution in [1.82, 2.24) is 15.3 Å². The SMILES string of the molecule is CC(C)CNC(=O)/C=C/c1c[nH]cn1. The second-order valence-corrected chi connectivity index (χ2v) is 3.47. The number of carbonyl (C=O) groups excluding carboxylic acids is 1. The summed E-state index contributed by atoms with van der Waals surface area (Å²) in [5, 5.41) is 2.78. The van der Waals surface area contributed by atoms with Gasteiger partial charge in [0.2, 0.25) is 5.91 Å². The molecule has 0 saturated carbocycles. The zero-order chi connectivity index (χ0) is 10.4. The minimum atomic E-state index is -0.0818. The maximum absolute atomic E-state index is 11.2.